The van der Waals surface area contributed by atoms with E-state index in [1.807, 2.05) is 6.92 Å². The molecule has 0 aromatic heterocycles. The van der Waals surface area contributed by atoms with Gasteiger partial charge in [-0.05, 0) is 47.7 Å². The smallest absolute Gasteiger partial charge is 0.248 e. The Morgan fingerprint density at radius 1 is 0.964 bits per heavy atom. The molecule has 2 rings (SSSR count). The number of nitrogens with one attached hydrogen (secondary N) is 1. The molecule has 0 unspecified atom stereocenters. The van der Waals surface area contributed by atoms with Gasteiger partial charge in [-0.2, -0.15) is 0 Å². The summed E-state index contributed by atoms with van der Waals surface area (Å²) >= 11 is 1.43. The molecule has 2 aromatic carbocycles. The van der Waals surface area contributed by atoms with E-state index >= 15 is 0 Å². The number of rotatable bonds is 6. The zero-order valence-electron chi connectivity index (χ0n) is 16.5. The zero-order valence-corrected chi connectivity index (χ0v) is 17.3. The van der Waals surface area contributed by atoms with Crippen molar-refractivity contribution in [1.82, 2.24) is 0 Å². The van der Waals surface area contributed by atoms with Gasteiger partial charge in [0.1, 0.15) is 0 Å². The van der Waals surface area contributed by atoms with E-state index in [0.29, 0.717) is 5.69 Å². The largest absolute Gasteiger partial charge is 0.366 e. The SMILES string of the molecule is Cc1ccc(C(C)(C)C)cc1SCC(=O)Nc1cc(C(N)=O)cc(C(N)=O)c1. The third-order valence-electron chi connectivity index (χ3n) is 4.20. The van der Waals surface area contributed by atoms with Crippen LogP contribution in [0, 0.1) is 6.92 Å². The van der Waals surface area contributed by atoms with Crippen LogP contribution < -0.4 is 16.8 Å². The molecule has 0 aliphatic rings. The van der Waals surface area contributed by atoms with Gasteiger partial charge in [0.05, 0.1) is 5.75 Å². The van der Waals surface area contributed by atoms with Crippen molar-refractivity contribution in [3.63, 3.8) is 0 Å². The molecule has 7 heteroatoms. The summed E-state index contributed by atoms with van der Waals surface area (Å²) in [5.74, 6) is -1.49. The molecule has 0 atom stereocenters. The Bertz CT molecular complexity index is 901. The van der Waals surface area contributed by atoms with Gasteiger partial charge >= 0.3 is 0 Å². The van der Waals surface area contributed by atoms with Crippen LogP contribution in [0.2, 0.25) is 0 Å². The normalized spacial score (nSPS) is 11.1. The molecule has 2 aromatic rings. The molecule has 28 heavy (non-hydrogen) atoms. The summed E-state index contributed by atoms with van der Waals surface area (Å²) in [5, 5.41) is 2.69. The van der Waals surface area contributed by atoms with Gasteiger partial charge in [-0.15, -0.1) is 11.8 Å². The minimum Gasteiger partial charge on any atom is -0.366 e. The Morgan fingerprint density at radius 2 is 1.54 bits per heavy atom. The predicted molar refractivity (Wildman–Crippen MR) is 113 cm³/mol. The van der Waals surface area contributed by atoms with E-state index in [1.54, 1.807) is 0 Å². The average molecular weight is 400 g/mol. The fourth-order valence-electron chi connectivity index (χ4n) is 2.55. The molecule has 0 bridgehead atoms. The fraction of sp³-hybridized carbons (Fsp3) is 0.286. The van der Waals surface area contributed by atoms with Crippen LogP contribution in [-0.2, 0) is 10.2 Å². The second kappa shape index (κ2) is 8.48. The Morgan fingerprint density at radius 3 is 2.04 bits per heavy atom. The molecular formula is C21H25N3O3S. The van der Waals surface area contributed by atoms with Crippen LogP contribution in [0.5, 0.6) is 0 Å². The van der Waals surface area contributed by atoms with E-state index in [4.69, 9.17) is 11.5 Å². The Kier molecular flexibility index (Phi) is 6.51. The number of anilines is 1. The second-order valence-electron chi connectivity index (χ2n) is 7.59. The molecular weight excluding hydrogens is 374 g/mol. The first-order valence-electron chi connectivity index (χ1n) is 8.76. The first-order valence-corrected chi connectivity index (χ1v) is 9.74. The number of carbonyl (C=O) groups excluding carboxylic acids is 3. The highest BCUT2D eigenvalue weighted by molar-refractivity contribution is 8.00. The van der Waals surface area contributed by atoms with E-state index in [0.717, 1.165) is 10.5 Å². The highest BCUT2D eigenvalue weighted by Gasteiger charge is 2.16. The monoisotopic (exact) mass is 399 g/mol. The summed E-state index contributed by atoms with van der Waals surface area (Å²) in [4.78, 5) is 36.3. The molecule has 0 radical (unpaired) electrons. The molecule has 5 N–H and O–H groups in total. The molecule has 0 aliphatic carbocycles. The number of benzene rings is 2. The number of carbonyl (C=O) groups is 3. The van der Waals surface area contributed by atoms with E-state index in [9.17, 15) is 14.4 Å². The standard InChI is InChI=1S/C21H25N3O3S/c1-12-5-6-15(21(2,3)4)10-17(12)28-11-18(25)24-16-8-13(19(22)26)7-14(9-16)20(23)27/h5-10H,11H2,1-4H3,(H2,22,26)(H2,23,27)(H,24,25). The lowest BCUT2D eigenvalue weighted by molar-refractivity contribution is -0.113. The molecule has 0 saturated carbocycles. The minimum atomic E-state index is -0.706. The number of primary amides is 2. The van der Waals surface area contributed by atoms with Gasteiger partial charge in [-0.25, -0.2) is 0 Å². The topological polar surface area (TPSA) is 115 Å². The lowest BCUT2D eigenvalue weighted by Crippen LogP contribution is -2.19. The van der Waals surface area contributed by atoms with Crippen LogP contribution in [0.1, 0.15) is 52.6 Å². The summed E-state index contributed by atoms with van der Waals surface area (Å²) in [6, 6.07) is 10.4. The fourth-order valence-corrected chi connectivity index (χ4v) is 3.41. The maximum absolute atomic E-state index is 12.4. The lowest BCUT2D eigenvalue weighted by atomic mass is 9.87. The molecule has 0 aliphatic heterocycles. The van der Waals surface area contributed by atoms with Gasteiger partial charge < -0.3 is 16.8 Å². The van der Waals surface area contributed by atoms with Crippen molar-refractivity contribution >= 4 is 35.2 Å². The van der Waals surface area contributed by atoms with Crippen molar-refractivity contribution in [2.75, 3.05) is 11.1 Å². The Hall–Kier alpha value is -2.80. The van der Waals surface area contributed by atoms with E-state index in [1.165, 1.54) is 35.5 Å². The van der Waals surface area contributed by atoms with Crippen molar-refractivity contribution in [1.29, 1.82) is 0 Å². The molecule has 0 fully saturated rings. The van der Waals surface area contributed by atoms with E-state index in [2.05, 4.69) is 44.3 Å². The summed E-state index contributed by atoms with van der Waals surface area (Å²) in [6.07, 6.45) is 0. The van der Waals surface area contributed by atoms with Crippen LogP contribution in [0.15, 0.2) is 41.3 Å². The van der Waals surface area contributed by atoms with Crippen LogP contribution >= 0.6 is 11.8 Å². The van der Waals surface area contributed by atoms with Gasteiger partial charge in [0, 0.05) is 21.7 Å². The molecule has 0 spiro atoms. The van der Waals surface area contributed by atoms with Crippen molar-refractivity contribution in [3.05, 3.63) is 58.7 Å². The average Bonchev–Trinajstić information content (AvgIpc) is 2.59. The van der Waals surface area contributed by atoms with Gasteiger partial charge in [-0.3, -0.25) is 14.4 Å². The van der Waals surface area contributed by atoms with Crippen molar-refractivity contribution in [2.24, 2.45) is 11.5 Å². The van der Waals surface area contributed by atoms with Crippen molar-refractivity contribution in [3.8, 4) is 0 Å². The van der Waals surface area contributed by atoms with Crippen LogP contribution in [0.25, 0.3) is 0 Å². The maximum atomic E-state index is 12.4. The summed E-state index contributed by atoms with van der Waals surface area (Å²) < 4.78 is 0. The Balaban J connectivity index is 2.13. The number of thioether (sulfide) groups is 1. The van der Waals surface area contributed by atoms with Crippen molar-refractivity contribution < 1.29 is 14.4 Å². The Labute approximate surface area is 169 Å². The first kappa shape index (κ1) is 21.5. The molecule has 6 nitrogen and oxygen atoms in total. The van der Waals surface area contributed by atoms with Crippen LogP contribution in [-0.4, -0.2) is 23.5 Å². The highest BCUT2D eigenvalue weighted by Crippen LogP contribution is 2.29. The van der Waals surface area contributed by atoms with Gasteiger partial charge in [0.25, 0.3) is 0 Å². The lowest BCUT2D eigenvalue weighted by Gasteiger charge is -2.20. The summed E-state index contributed by atoms with van der Waals surface area (Å²) in [6.45, 7) is 8.42. The summed E-state index contributed by atoms with van der Waals surface area (Å²) in [7, 11) is 0. The summed E-state index contributed by atoms with van der Waals surface area (Å²) in [5.41, 5.74) is 13.4. The van der Waals surface area contributed by atoms with Gasteiger partial charge in [0.15, 0.2) is 0 Å². The number of aryl methyl sites for hydroxylation is 1. The maximum Gasteiger partial charge on any atom is 0.248 e. The third kappa shape index (κ3) is 5.60. The quantitative estimate of drug-likeness (QED) is 0.647. The highest BCUT2D eigenvalue weighted by atomic mass is 32.2. The van der Waals surface area contributed by atoms with Gasteiger partial charge in [-0.1, -0.05) is 32.9 Å². The van der Waals surface area contributed by atoms with Crippen molar-refractivity contribution in [2.45, 2.75) is 38.0 Å². The number of amides is 3. The van der Waals surface area contributed by atoms with E-state index in [-0.39, 0.29) is 28.2 Å². The number of hydrogen-bond donors (Lipinski definition) is 3. The second-order valence-corrected chi connectivity index (χ2v) is 8.61. The number of nitrogens with two attached hydrogens (primary N) is 2. The predicted octanol–water partition coefficient (Wildman–Crippen LogP) is 3.22. The molecule has 0 heterocycles. The molecule has 0 saturated heterocycles. The first-order chi connectivity index (χ1) is 13.0. The van der Waals surface area contributed by atoms with Crippen LogP contribution in [0.4, 0.5) is 5.69 Å². The number of hydrogen-bond acceptors (Lipinski definition) is 4. The zero-order chi connectivity index (χ0) is 21.1. The minimum absolute atomic E-state index is 0.0195. The van der Waals surface area contributed by atoms with Gasteiger partial charge in [0.2, 0.25) is 17.7 Å². The van der Waals surface area contributed by atoms with Crippen LogP contribution in [0.3, 0.4) is 0 Å². The molecule has 3 amide bonds. The third-order valence-corrected chi connectivity index (χ3v) is 5.36. The molecule has 148 valence electrons. The van der Waals surface area contributed by atoms with E-state index < -0.39 is 11.8 Å².